The standard InChI is InChI=1S/C10H13N3O/c11-13-12-10(14)9-5-7-2-1-3-8(4-7)6-9/h1-2,7-9H,3-6H2/t7-,8+,9-/m0/s1. The van der Waals surface area contributed by atoms with Crippen LogP contribution in [0.25, 0.3) is 10.4 Å². The van der Waals surface area contributed by atoms with E-state index in [0.29, 0.717) is 11.8 Å². The van der Waals surface area contributed by atoms with E-state index in [4.69, 9.17) is 5.53 Å². The number of amides is 1. The van der Waals surface area contributed by atoms with Crippen LogP contribution in [0.4, 0.5) is 0 Å². The van der Waals surface area contributed by atoms with Crippen molar-refractivity contribution in [3.05, 3.63) is 22.6 Å². The van der Waals surface area contributed by atoms with Gasteiger partial charge in [0.25, 0.3) is 0 Å². The molecule has 4 heteroatoms. The minimum absolute atomic E-state index is 0.0281. The van der Waals surface area contributed by atoms with Crippen LogP contribution in [0.15, 0.2) is 17.3 Å². The smallest absolute Gasteiger partial charge is 0.222 e. The molecule has 74 valence electrons. The van der Waals surface area contributed by atoms with Crippen molar-refractivity contribution >= 4 is 5.91 Å². The summed E-state index contributed by atoms with van der Waals surface area (Å²) in [6.45, 7) is 0. The summed E-state index contributed by atoms with van der Waals surface area (Å²) < 4.78 is 0. The highest BCUT2D eigenvalue weighted by atomic mass is 16.1. The molecular formula is C10H13N3O. The first-order chi connectivity index (χ1) is 6.79. The Bertz CT molecular complexity index is 317. The van der Waals surface area contributed by atoms with E-state index in [1.54, 1.807) is 0 Å². The van der Waals surface area contributed by atoms with E-state index < -0.39 is 0 Å². The summed E-state index contributed by atoms with van der Waals surface area (Å²) in [6, 6.07) is 0. The van der Waals surface area contributed by atoms with Crippen LogP contribution in [0.3, 0.4) is 0 Å². The van der Waals surface area contributed by atoms with Gasteiger partial charge in [-0.25, -0.2) is 0 Å². The Kier molecular flexibility index (Phi) is 2.55. The van der Waals surface area contributed by atoms with E-state index in [2.05, 4.69) is 22.2 Å². The molecule has 0 heterocycles. The van der Waals surface area contributed by atoms with Gasteiger partial charge in [0, 0.05) is 10.8 Å². The van der Waals surface area contributed by atoms with Gasteiger partial charge in [-0.1, -0.05) is 12.2 Å². The van der Waals surface area contributed by atoms with Gasteiger partial charge in [-0.05, 0) is 48.2 Å². The van der Waals surface area contributed by atoms with Crippen molar-refractivity contribution in [1.29, 1.82) is 0 Å². The van der Waals surface area contributed by atoms with Crippen molar-refractivity contribution in [3.63, 3.8) is 0 Å². The fourth-order valence-corrected chi connectivity index (χ4v) is 2.63. The van der Waals surface area contributed by atoms with Gasteiger partial charge >= 0.3 is 0 Å². The van der Waals surface area contributed by atoms with Gasteiger partial charge in [-0.15, -0.1) is 0 Å². The van der Waals surface area contributed by atoms with E-state index >= 15 is 0 Å². The zero-order chi connectivity index (χ0) is 9.97. The molecule has 1 saturated carbocycles. The highest BCUT2D eigenvalue weighted by Gasteiger charge is 2.32. The SMILES string of the molecule is [N-]=[N+]=NC(=O)[C@H]1C[C@H]2C=CC[C@H](C2)C1. The molecule has 0 spiro atoms. The Morgan fingerprint density at radius 1 is 1.43 bits per heavy atom. The fraction of sp³-hybridized carbons (Fsp3) is 0.700. The molecular weight excluding hydrogens is 178 g/mol. The second-order valence-corrected chi connectivity index (χ2v) is 4.22. The lowest BCUT2D eigenvalue weighted by Gasteiger charge is -2.34. The van der Waals surface area contributed by atoms with Crippen molar-refractivity contribution in [2.24, 2.45) is 22.9 Å². The minimum atomic E-state index is -0.266. The molecule has 0 aromatic rings. The van der Waals surface area contributed by atoms with Crippen LogP contribution in [0, 0.1) is 17.8 Å². The predicted octanol–water partition coefficient (Wildman–Crippen LogP) is 2.82. The molecule has 4 nitrogen and oxygen atoms in total. The number of rotatable bonds is 1. The Balaban J connectivity index is 2.06. The minimum Gasteiger partial charge on any atom is -0.292 e. The third kappa shape index (κ3) is 1.80. The number of hydrogen-bond acceptors (Lipinski definition) is 1. The van der Waals surface area contributed by atoms with Crippen LogP contribution in [-0.4, -0.2) is 5.91 Å². The molecule has 0 radical (unpaired) electrons. The summed E-state index contributed by atoms with van der Waals surface area (Å²) in [4.78, 5) is 13.9. The molecule has 2 aliphatic carbocycles. The van der Waals surface area contributed by atoms with Crippen LogP contribution in [0.5, 0.6) is 0 Å². The number of azide groups is 1. The monoisotopic (exact) mass is 191 g/mol. The number of carbonyl (C=O) groups excluding carboxylic acids is 1. The van der Waals surface area contributed by atoms with Gasteiger partial charge in [-0.3, -0.25) is 4.79 Å². The van der Waals surface area contributed by atoms with Crippen molar-refractivity contribution in [2.45, 2.75) is 25.7 Å². The van der Waals surface area contributed by atoms with Gasteiger partial charge in [0.15, 0.2) is 0 Å². The second kappa shape index (κ2) is 3.84. The first-order valence-corrected chi connectivity index (χ1v) is 5.05. The summed E-state index contributed by atoms with van der Waals surface area (Å²) in [5, 5.41) is 3.19. The van der Waals surface area contributed by atoms with Crippen LogP contribution in [-0.2, 0) is 4.79 Å². The van der Waals surface area contributed by atoms with E-state index in [9.17, 15) is 4.79 Å². The highest BCUT2D eigenvalue weighted by molar-refractivity contribution is 5.79. The average molecular weight is 191 g/mol. The number of carbonyl (C=O) groups is 1. The van der Waals surface area contributed by atoms with Gasteiger partial charge in [0.2, 0.25) is 5.91 Å². The lowest BCUT2D eigenvalue weighted by atomic mass is 9.71. The van der Waals surface area contributed by atoms with Gasteiger partial charge in [-0.2, -0.15) is 0 Å². The van der Waals surface area contributed by atoms with Crippen molar-refractivity contribution in [1.82, 2.24) is 0 Å². The van der Waals surface area contributed by atoms with Gasteiger partial charge in [0.05, 0.1) is 0 Å². The maximum atomic E-state index is 11.4. The normalized spacial score (nSPS) is 34.7. The molecule has 2 bridgehead atoms. The molecule has 14 heavy (non-hydrogen) atoms. The quantitative estimate of drug-likeness (QED) is 0.272. The molecule has 0 aromatic heterocycles. The molecule has 0 N–H and O–H groups in total. The molecule has 0 aromatic carbocycles. The van der Waals surface area contributed by atoms with Crippen LogP contribution < -0.4 is 0 Å². The van der Waals surface area contributed by atoms with Crippen LogP contribution in [0.1, 0.15) is 25.7 Å². The largest absolute Gasteiger partial charge is 0.292 e. The van der Waals surface area contributed by atoms with E-state index in [-0.39, 0.29) is 11.8 Å². The molecule has 0 saturated heterocycles. The summed E-state index contributed by atoms with van der Waals surface area (Å²) in [5.74, 6) is 0.865. The lowest BCUT2D eigenvalue weighted by molar-refractivity contribution is -0.123. The molecule has 2 aliphatic rings. The summed E-state index contributed by atoms with van der Waals surface area (Å²) in [5.41, 5.74) is 8.19. The second-order valence-electron chi connectivity index (χ2n) is 4.22. The third-order valence-electron chi connectivity index (χ3n) is 3.21. The maximum absolute atomic E-state index is 11.4. The Morgan fingerprint density at radius 2 is 2.29 bits per heavy atom. The van der Waals surface area contributed by atoms with Gasteiger partial charge < -0.3 is 0 Å². The van der Waals surface area contributed by atoms with Crippen LogP contribution >= 0.6 is 0 Å². The van der Waals surface area contributed by atoms with Crippen molar-refractivity contribution in [2.75, 3.05) is 0 Å². The van der Waals surface area contributed by atoms with Crippen molar-refractivity contribution in [3.8, 4) is 0 Å². The molecule has 0 unspecified atom stereocenters. The topological polar surface area (TPSA) is 65.8 Å². The van der Waals surface area contributed by atoms with Gasteiger partial charge in [0.1, 0.15) is 0 Å². The van der Waals surface area contributed by atoms with Crippen molar-refractivity contribution < 1.29 is 4.79 Å². The molecule has 1 amide bonds. The first-order valence-electron chi connectivity index (χ1n) is 5.05. The zero-order valence-corrected chi connectivity index (χ0v) is 7.97. The van der Waals surface area contributed by atoms with E-state index in [1.807, 2.05) is 0 Å². The first kappa shape index (κ1) is 9.28. The molecule has 1 fully saturated rings. The molecule has 3 atom stereocenters. The number of nitrogens with zero attached hydrogens (tertiary/aromatic N) is 3. The Morgan fingerprint density at radius 3 is 3.00 bits per heavy atom. The summed E-state index contributed by atoms with van der Waals surface area (Å²) in [7, 11) is 0. The predicted molar refractivity (Wildman–Crippen MR) is 52.2 cm³/mol. The Labute approximate surface area is 82.6 Å². The lowest BCUT2D eigenvalue weighted by Crippen LogP contribution is -2.28. The molecule has 0 aliphatic heterocycles. The number of fused-ring (bicyclic) bond motifs is 2. The van der Waals surface area contributed by atoms with E-state index in [0.717, 1.165) is 19.3 Å². The maximum Gasteiger partial charge on any atom is 0.222 e. The zero-order valence-electron chi connectivity index (χ0n) is 7.97. The number of hydrogen-bond donors (Lipinski definition) is 0. The Hall–Kier alpha value is -1.28. The number of allylic oxidation sites excluding steroid dienone is 2. The molecule has 2 rings (SSSR count). The third-order valence-corrected chi connectivity index (χ3v) is 3.21. The summed E-state index contributed by atoms with van der Waals surface area (Å²) in [6.07, 6.45) is 8.47. The average Bonchev–Trinajstić information content (AvgIpc) is 2.17. The van der Waals surface area contributed by atoms with Crippen LogP contribution in [0.2, 0.25) is 0 Å². The fourth-order valence-electron chi connectivity index (χ4n) is 2.63. The highest BCUT2D eigenvalue weighted by Crippen LogP contribution is 2.39. The van der Waals surface area contributed by atoms with E-state index in [1.165, 1.54) is 6.42 Å². The summed E-state index contributed by atoms with van der Waals surface area (Å²) >= 11 is 0.